The van der Waals surface area contributed by atoms with E-state index in [9.17, 15) is 34.2 Å². The first kappa shape index (κ1) is 62.8. The Morgan fingerprint density at radius 2 is 1.63 bits per heavy atom. The third-order valence-electron chi connectivity index (χ3n) is 16.8. The molecule has 440 valence electrons. The molecule has 2 aromatic heterocycles. The SMILES string of the molecule is CC[C@H]1OC(=O)[C@H](C)[C@@H](O[C@H]2C[C@@](C)(OC)[C@@H](OCCCNCCNc3nc4c(cc3F)c(=O)c(C(=O)O)cn4CC)[C@H](C)O2)[C@H](C)[C@@H](O[C@@H]2O[C@H](C)CC(N(C)C)[C@H]2O)[C@](C)(OC)C[C@@H](C)C(=O)[C@@H](C)[C@H]2NC(=O)O[C@@]21C. The van der Waals surface area contributed by atoms with E-state index in [2.05, 4.69) is 20.9 Å². The molecule has 0 aliphatic carbocycles. The van der Waals surface area contributed by atoms with Crippen LogP contribution < -0.4 is 21.4 Å². The average molecular weight is 1110 g/mol. The van der Waals surface area contributed by atoms with Gasteiger partial charge in [0.25, 0.3) is 0 Å². The molecule has 4 aliphatic rings. The highest BCUT2D eigenvalue weighted by atomic mass is 19.1. The summed E-state index contributed by atoms with van der Waals surface area (Å²) in [4.78, 5) is 73.0. The first-order valence-electron chi connectivity index (χ1n) is 27.5. The number of aliphatic hydroxyl groups is 1. The van der Waals surface area contributed by atoms with Gasteiger partial charge in [0.2, 0.25) is 5.43 Å². The predicted molar refractivity (Wildman–Crippen MR) is 285 cm³/mol. The van der Waals surface area contributed by atoms with E-state index < -0.39 is 131 Å². The van der Waals surface area contributed by atoms with Gasteiger partial charge in [0, 0.05) is 76.9 Å². The largest absolute Gasteiger partial charge is 0.477 e. The molecule has 4 aliphatic heterocycles. The normalized spacial score (nSPS) is 37.1. The molecule has 18 atom stereocenters. The van der Waals surface area contributed by atoms with Crippen molar-refractivity contribution in [1.82, 2.24) is 25.1 Å². The molecular weight excluding hydrogens is 1020 g/mol. The minimum absolute atomic E-state index is 0.0654. The maximum absolute atomic E-state index is 15.1. The smallest absolute Gasteiger partial charge is 0.408 e. The Morgan fingerprint density at radius 1 is 0.949 bits per heavy atom. The van der Waals surface area contributed by atoms with E-state index in [1.54, 1.807) is 34.8 Å². The number of aryl methyl sites for hydroxylation is 1. The van der Waals surface area contributed by atoms with Crippen molar-refractivity contribution in [2.24, 2.45) is 23.7 Å². The maximum Gasteiger partial charge on any atom is 0.408 e. The van der Waals surface area contributed by atoms with Crippen molar-refractivity contribution in [1.29, 1.82) is 0 Å². The second-order valence-electron chi connectivity index (χ2n) is 22.7. The number of nitrogens with zero attached hydrogens (tertiary/aromatic N) is 3. The molecule has 0 aromatic carbocycles. The summed E-state index contributed by atoms with van der Waals surface area (Å²) in [7, 11) is 6.88. The second kappa shape index (κ2) is 26.0. The first-order valence-corrected chi connectivity index (χ1v) is 27.5. The van der Waals surface area contributed by atoms with Crippen LogP contribution >= 0.6 is 0 Å². The van der Waals surface area contributed by atoms with E-state index >= 15 is 4.39 Å². The number of esters is 1. The van der Waals surface area contributed by atoms with E-state index in [0.717, 1.165) is 6.07 Å². The van der Waals surface area contributed by atoms with Crippen LogP contribution in [0.25, 0.3) is 11.0 Å². The van der Waals surface area contributed by atoms with E-state index in [4.69, 9.17) is 42.6 Å². The highest BCUT2D eigenvalue weighted by Gasteiger charge is 2.58. The van der Waals surface area contributed by atoms with E-state index in [-0.39, 0.29) is 54.0 Å². The number of carboxylic acids is 1. The number of hydrogen-bond acceptors (Lipinski definition) is 19. The molecule has 1 unspecified atom stereocenters. The summed E-state index contributed by atoms with van der Waals surface area (Å²) in [6.07, 6.45) is -5.44. The summed E-state index contributed by atoms with van der Waals surface area (Å²) in [6.45, 7) is 21.8. The molecule has 0 radical (unpaired) electrons. The number of carboxylic acid groups (broad SMARTS) is 1. The number of likely N-dealkylation sites (N-methyl/N-ethyl adjacent to an activating group) is 1. The second-order valence-corrected chi connectivity index (χ2v) is 22.7. The highest BCUT2D eigenvalue weighted by Crippen LogP contribution is 2.43. The van der Waals surface area contributed by atoms with Crippen LogP contribution in [0.15, 0.2) is 17.1 Å². The van der Waals surface area contributed by atoms with Crippen molar-refractivity contribution in [3.05, 3.63) is 33.9 Å². The molecule has 5 N–H and O–H groups in total. The fraction of sp³-hybridized carbons (Fsp3) is 0.782. The number of ketones is 1. The minimum atomic E-state index is -1.41. The Balaban J connectivity index is 1.19. The number of aromatic carboxylic acids is 1. The Hall–Kier alpha value is -4.43. The molecule has 6 rings (SSSR count). The molecule has 0 bridgehead atoms. The number of pyridine rings is 2. The molecule has 1 amide bonds. The molecule has 0 spiro atoms. The number of carbonyl (C=O) groups excluding carboxylic acids is 3. The van der Waals surface area contributed by atoms with E-state index in [1.807, 2.05) is 67.5 Å². The van der Waals surface area contributed by atoms with Gasteiger partial charge in [0.15, 0.2) is 29.8 Å². The quantitative estimate of drug-likeness (QED) is 0.0927. The van der Waals surface area contributed by atoms with Crippen molar-refractivity contribution in [3.63, 3.8) is 0 Å². The summed E-state index contributed by atoms with van der Waals surface area (Å²) >= 11 is 0. The summed E-state index contributed by atoms with van der Waals surface area (Å²) < 4.78 is 75.0. The van der Waals surface area contributed by atoms with Crippen molar-refractivity contribution >= 4 is 40.7 Å². The number of rotatable bonds is 19. The number of amides is 1. The maximum atomic E-state index is 15.1. The monoisotopic (exact) mass is 1110 g/mol. The number of aromatic nitrogens is 2. The number of ether oxygens (including phenoxy) is 9. The van der Waals surface area contributed by atoms with Gasteiger partial charge in [-0.1, -0.05) is 27.7 Å². The summed E-state index contributed by atoms with van der Waals surface area (Å²) in [6, 6.07) is -0.147. The number of alkyl carbamates (subject to hydrolysis) is 1. The number of Topliss-reactive ketones (excluding diaryl/α,β-unsaturated/α-hetero) is 1. The molecule has 22 nitrogen and oxygen atoms in total. The molecule has 0 saturated carbocycles. The van der Waals surface area contributed by atoms with Gasteiger partial charge in [-0.25, -0.2) is 19.0 Å². The fourth-order valence-electron chi connectivity index (χ4n) is 12.2. The van der Waals surface area contributed by atoms with Crippen molar-refractivity contribution in [3.8, 4) is 0 Å². The molecule has 4 saturated heterocycles. The lowest BCUT2D eigenvalue weighted by Gasteiger charge is -2.50. The van der Waals surface area contributed by atoms with Gasteiger partial charge in [-0.3, -0.25) is 14.4 Å². The number of carbonyl (C=O) groups is 4. The number of aliphatic hydroxyl groups excluding tert-OH is 1. The molecule has 6 heterocycles. The Labute approximate surface area is 457 Å². The predicted octanol–water partition coefficient (Wildman–Crippen LogP) is 4.88. The Kier molecular flexibility index (Phi) is 20.9. The molecule has 78 heavy (non-hydrogen) atoms. The number of cyclic esters (lactones) is 1. The first-order chi connectivity index (χ1) is 36.7. The molecule has 4 fully saturated rings. The lowest BCUT2D eigenvalue weighted by Crippen LogP contribution is -2.61. The van der Waals surface area contributed by atoms with Crippen LogP contribution in [0.1, 0.15) is 119 Å². The molecular formula is C55H87FN6O16. The fourth-order valence-corrected chi connectivity index (χ4v) is 12.2. The number of anilines is 1. The highest BCUT2D eigenvalue weighted by molar-refractivity contribution is 5.92. The Morgan fingerprint density at radius 3 is 2.26 bits per heavy atom. The van der Waals surface area contributed by atoms with Crippen LogP contribution in [-0.4, -0.2) is 187 Å². The van der Waals surface area contributed by atoms with E-state index in [1.165, 1.54) is 17.9 Å². The number of halogens is 1. The van der Waals surface area contributed by atoms with Crippen LogP contribution in [0.3, 0.4) is 0 Å². The number of nitrogens with one attached hydrogen (secondary N) is 3. The lowest BCUT2D eigenvalue weighted by atomic mass is 9.73. The zero-order valence-electron chi connectivity index (χ0n) is 48.2. The van der Waals surface area contributed by atoms with Crippen LogP contribution in [0, 0.1) is 29.5 Å². The number of fused-ring (bicyclic) bond motifs is 2. The average Bonchev–Trinajstić information content (AvgIpc) is 3.78. The third kappa shape index (κ3) is 13.3. The minimum Gasteiger partial charge on any atom is -0.477 e. The van der Waals surface area contributed by atoms with Crippen LogP contribution in [0.4, 0.5) is 15.0 Å². The van der Waals surface area contributed by atoms with Gasteiger partial charge in [0.1, 0.15) is 35.3 Å². The van der Waals surface area contributed by atoms with Gasteiger partial charge in [-0.15, -0.1) is 0 Å². The van der Waals surface area contributed by atoms with Gasteiger partial charge >= 0.3 is 18.0 Å². The van der Waals surface area contributed by atoms with Crippen LogP contribution in [-0.2, 0) is 58.8 Å². The molecule has 23 heteroatoms. The number of methoxy groups -OCH3 is 2. The standard InChI is InChI=1S/C55H87FN6O16/c1-16-38-55(11)44(59-52(69)78-55)30(5)40(63)28(3)25-53(9,70-14)45(77-51-42(65)37(61(12)13)23-29(4)73-51)31(6)43(32(7)50(68)75-38)76-39-26-54(10,71-15)46(33(8)74-39)72-22-18-19-57-20-21-58-47-36(56)24-34-41(64)35(49(66)67)27-62(17-2)48(34)60-47/h24,27-33,37-39,42-46,51,57,65H,16-23,25-26H2,1-15H3,(H,58,60)(H,59,69)(H,66,67)/t28-,29-,30-,31+,32-,33+,37?,38-,39+,42-,43+,44-,45-,46+,51+,53-,54-,55-/m1/s1. The summed E-state index contributed by atoms with van der Waals surface area (Å²) in [5, 5.41) is 30.3. The number of hydrogen-bond donors (Lipinski definition) is 5. The zero-order chi connectivity index (χ0) is 57.8. The van der Waals surface area contributed by atoms with E-state index in [0.29, 0.717) is 45.6 Å². The van der Waals surface area contributed by atoms with Gasteiger partial charge in [-0.2, -0.15) is 0 Å². The van der Waals surface area contributed by atoms with Crippen molar-refractivity contribution < 1.29 is 76.4 Å². The zero-order valence-corrected chi connectivity index (χ0v) is 48.2. The topological polar surface area (TPSA) is 266 Å². The van der Waals surface area contributed by atoms with Crippen LogP contribution in [0.2, 0.25) is 0 Å². The third-order valence-corrected chi connectivity index (χ3v) is 16.8. The summed E-state index contributed by atoms with van der Waals surface area (Å²) in [5.41, 5.74) is -4.73. The van der Waals surface area contributed by atoms with Crippen molar-refractivity contribution in [2.45, 2.75) is 199 Å². The lowest BCUT2D eigenvalue weighted by molar-refractivity contribution is -0.322. The molecule has 2 aromatic rings. The van der Waals surface area contributed by atoms with Gasteiger partial charge < -0.3 is 78.3 Å². The van der Waals surface area contributed by atoms with Gasteiger partial charge in [0.05, 0.1) is 53.0 Å². The van der Waals surface area contributed by atoms with Gasteiger partial charge in [-0.05, 0) is 101 Å². The van der Waals surface area contributed by atoms with Crippen molar-refractivity contribution in [2.75, 3.05) is 59.9 Å². The van der Waals surface area contributed by atoms with Crippen LogP contribution in [0.5, 0.6) is 0 Å². The Bertz CT molecular complexity index is 2490. The summed E-state index contributed by atoms with van der Waals surface area (Å²) in [5.74, 6) is -6.25.